The van der Waals surface area contributed by atoms with Crippen molar-refractivity contribution >= 4 is 17.7 Å². The van der Waals surface area contributed by atoms with Gasteiger partial charge in [0.15, 0.2) is 0 Å². The molecule has 1 atom stereocenters. The van der Waals surface area contributed by atoms with Crippen molar-refractivity contribution in [3.8, 4) is 0 Å². The second-order valence-corrected chi connectivity index (χ2v) is 4.85. The SMILES string of the molecule is COC(=O)c1ccc([C@@H](C)Sc2nnnn2C)o1. The molecule has 2 heterocycles. The van der Waals surface area contributed by atoms with Crippen molar-refractivity contribution in [2.24, 2.45) is 7.05 Å². The molecule has 0 aliphatic heterocycles. The molecule has 2 aromatic heterocycles. The molecule has 2 rings (SSSR count). The van der Waals surface area contributed by atoms with E-state index in [1.807, 2.05) is 6.92 Å². The van der Waals surface area contributed by atoms with Crippen LogP contribution in [0.3, 0.4) is 0 Å². The third-order valence-corrected chi connectivity index (χ3v) is 3.42. The van der Waals surface area contributed by atoms with Crippen molar-refractivity contribution in [2.45, 2.75) is 17.3 Å². The summed E-state index contributed by atoms with van der Waals surface area (Å²) >= 11 is 1.44. The van der Waals surface area contributed by atoms with E-state index in [1.54, 1.807) is 23.9 Å². The minimum absolute atomic E-state index is 0.00638. The molecule has 0 unspecified atom stereocenters. The predicted octanol–water partition coefficient (Wildman–Crippen LogP) is 1.44. The number of rotatable bonds is 4. The topological polar surface area (TPSA) is 83.0 Å². The van der Waals surface area contributed by atoms with E-state index in [2.05, 4.69) is 20.3 Å². The van der Waals surface area contributed by atoms with Crippen molar-refractivity contribution in [3.63, 3.8) is 0 Å². The number of nitrogens with zero attached hydrogens (tertiary/aromatic N) is 4. The second-order valence-electron chi connectivity index (χ2n) is 3.54. The Morgan fingerprint density at radius 1 is 1.56 bits per heavy atom. The number of methoxy groups -OCH3 is 1. The molecule has 0 radical (unpaired) electrons. The number of esters is 1. The molecule has 18 heavy (non-hydrogen) atoms. The Morgan fingerprint density at radius 3 is 2.94 bits per heavy atom. The van der Waals surface area contributed by atoms with Crippen LogP contribution in [0.15, 0.2) is 21.7 Å². The Morgan fingerprint density at radius 2 is 2.33 bits per heavy atom. The van der Waals surface area contributed by atoms with Gasteiger partial charge in [0.2, 0.25) is 10.9 Å². The maximum atomic E-state index is 11.3. The number of tetrazole rings is 1. The first-order valence-corrected chi connectivity index (χ1v) is 6.07. The molecule has 0 fully saturated rings. The number of carbonyl (C=O) groups excluding carboxylic acids is 1. The van der Waals surface area contributed by atoms with Crippen LogP contribution in [0.5, 0.6) is 0 Å². The first kappa shape index (κ1) is 12.6. The van der Waals surface area contributed by atoms with E-state index in [9.17, 15) is 4.79 Å². The van der Waals surface area contributed by atoms with Gasteiger partial charge < -0.3 is 9.15 Å². The molecule has 7 nitrogen and oxygen atoms in total. The Labute approximate surface area is 107 Å². The lowest BCUT2D eigenvalue weighted by molar-refractivity contribution is 0.0563. The Bertz CT molecular complexity index is 551. The first-order valence-electron chi connectivity index (χ1n) is 5.19. The maximum Gasteiger partial charge on any atom is 0.373 e. The summed E-state index contributed by atoms with van der Waals surface area (Å²) in [6.45, 7) is 1.94. The van der Waals surface area contributed by atoms with E-state index in [4.69, 9.17) is 4.42 Å². The lowest BCUT2D eigenvalue weighted by Crippen LogP contribution is -1.98. The first-order chi connectivity index (χ1) is 8.61. The van der Waals surface area contributed by atoms with Gasteiger partial charge >= 0.3 is 5.97 Å². The quantitative estimate of drug-likeness (QED) is 0.612. The van der Waals surface area contributed by atoms with Crippen LogP contribution in [-0.4, -0.2) is 33.3 Å². The number of aromatic nitrogens is 4. The van der Waals surface area contributed by atoms with E-state index < -0.39 is 5.97 Å². The number of hydrogen-bond donors (Lipinski definition) is 0. The lowest BCUT2D eigenvalue weighted by atomic mass is 10.3. The molecule has 0 saturated carbocycles. The van der Waals surface area contributed by atoms with E-state index in [1.165, 1.54) is 18.9 Å². The molecular weight excluding hydrogens is 256 g/mol. The summed E-state index contributed by atoms with van der Waals surface area (Å²) in [6, 6.07) is 3.33. The van der Waals surface area contributed by atoms with Gasteiger partial charge in [0.25, 0.3) is 0 Å². The van der Waals surface area contributed by atoms with Crippen LogP contribution < -0.4 is 0 Å². The van der Waals surface area contributed by atoms with Gasteiger partial charge in [-0.25, -0.2) is 9.48 Å². The zero-order chi connectivity index (χ0) is 13.1. The Kier molecular flexibility index (Phi) is 3.66. The third kappa shape index (κ3) is 2.53. The third-order valence-electron chi connectivity index (χ3n) is 2.28. The highest BCUT2D eigenvalue weighted by Gasteiger charge is 2.18. The number of thioether (sulfide) groups is 1. The van der Waals surface area contributed by atoms with E-state index >= 15 is 0 Å². The summed E-state index contributed by atoms with van der Waals surface area (Å²) in [4.78, 5) is 11.3. The predicted molar refractivity (Wildman–Crippen MR) is 63.1 cm³/mol. The largest absolute Gasteiger partial charge is 0.463 e. The zero-order valence-corrected chi connectivity index (χ0v) is 11.0. The Hall–Kier alpha value is -1.83. The van der Waals surface area contributed by atoms with Crippen LogP contribution in [0.25, 0.3) is 0 Å². The molecule has 0 aromatic carbocycles. The average Bonchev–Trinajstić information content (AvgIpc) is 2.98. The summed E-state index contributed by atoms with van der Waals surface area (Å²) in [5.74, 6) is 0.373. The molecule has 0 aliphatic carbocycles. The highest BCUT2D eigenvalue weighted by Crippen LogP contribution is 2.33. The van der Waals surface area contributed by atoms with Crippen molar-refractivity contribution in [2.75, 3.05) is 7.11 Å². The van der Waals surface area contributed by atoms with Crippen molar-refractivity contribution in [1.82, 2.24) is 20.2 Å². The fourth-order valence-corrected chi connectivity index (χ4v) is 2.15. The van der Waals surface area contributed by atoms with Gasteiger partial charge in [0.1, 0.15) is 5.76 Å². The molecule has 0 saturated heterocycles. The van der Waals surface area contributed by atoms with Gasteiger partial charge in [-0.05, 0) is 29.5 Å². The van der Waals surface area contributed by atoms with Crippen LogP contribution in [0.1, 0.15) is 28.5 Å². The Balaban J connectivity index is 2.10. The molecule has 0 aliphatic rings. The van der Waals surface area contributed by atoms with Gasteiger partial charge in [-0.1, -0.05) is 11.8 Å². The summed E-state index contributed by atoms with van der Waals surface area (Å²) in [5.41, 5.74) is 0. The van der Waals surface area contributed by atoms with Crippen LogP contribution in [0.2, 0.25) is 0 Å². The molecule has 0 bridgehead atoms. The molecule has 0 N–H and O–H groups in total. The molecule has 0 amide bonds. The van der Waals surface area contributed by atoms with E-state index in [0.717, 1.165) is 0 Å². The number of carbonyl (C=O) groups is 1. The molecule has 2 aromatic rings. The fraction of sp³-hybridized carbons (Fsp3) is 0.400. The number of aryl methyl sites for hydroxylation is 1. The van der Waals surface area contributed by atoms with Crippen molar-refractivity contribution in [3.05, 3.63) is 23.7 Å². The normalized spacial score (nSPS) is 12.4. The minimum Gasteiger partial charge on any atom is -0.463 e. The number of hydrogen-bond acceptors (Lipinski definition) is 7. The van der Waals surface area contributed by atoms with Crippen LogP contribution >= 0.6 is 11.8 Å². The smallest absolute Gasteiger partial charge is 0.373 e. The standard InChI is InChI=1S/C10H12N4O3S/c1-6(18-10-11-12-13-14(10)2)7-4-5-8(17-7)9(15)16-3/h4-6H,1-3H3/t6-/m1/s1. The monoisotopic (exact) mass is 268 g/mol. The van der Waals surface area contributed by atoms with Gasteiger partial charge in [-0.15, -0.1) is 5.10 Å². The number of ether oxygens (including phenoxy) is 1. The molecule has 96 valence electrons. The average molecular weight is 268 g/mol. The van der Waals surface area contributed by atoms with E-state index in [0.29, 0.717) is 10.9 Å². The molecule has 0 spiro atoms. The van der Waals surface area contributed by atoms with Gasteiger partial charge in [-0.2, -0.15) is 0 Å². The lowest BCUT2D eigenvalue weighted by Gasteiger charge is -2.05. The second kappa shape index (κ2) is 5.21. The fourth-order valence-electron chi connectivity index (χ4n) is 1.32. The summed E-state index contributed by atoms with van der Waals surface area (Å²) in [7, 11) is 3.07. The van der Waals surface area contributed by atoms with Crippen molar-refractivity contribution in [1.29, 1.82) is 0 Å². The maximum absolute atomic E-state index is 11.3. The van der Waals surface area contributed by atoms with Crippen LogP contribution in [0.4, 0.5) is 0 Å². The van der Waals surface area contributed by atoms with Crippen LogP contribution in [0, 0.1) is 0 Å². The van der Waals surface area contributed by atoms with Gasteiger partial charge in [-0.3, -0.25) is 0 Å². The van der Waals surface area contributed by atoms with E-state index in [-0.39, 0.29) is 11.0 Å². The van der Waals surface area contributed by atoms with Crippen molar-refractivity contribution < 1.29 is 13.9 Å². The molecular formula is C10H12N4O3S. The highest BCUT2D eigenvalue weighted by molar-refractivity contribution is 7.99. The zero-order valence-electron chi connectivity index (χ0n) is 10.2. The van der Waals surface area contributed by atoms with Crippen LogP contribution in [-0.2, 0) is 11.8 Å². The molecule has 8 heteroatoms. The van der Waals surface area contributed by atoms with Gasteiger partial charge in [0, 0.05) is 7.05 Å². The van der Waals surface area contributed by atoms with Gasteiger partial charge in [0.05, 0.1) is 12.4 Å². The summed E-state index contributed by atoms with van der Waals surface area (Å²) < 4.78 is 11.6. The minimum atomic E-state index is -0.487. The summed E-state index contributed by atoms with van der Waals surface area (Å²) in [6.07, 6.45) is 0. The number of furan rings is 1. The highest BCUT2D eigenvalue weighted by atomic mass is 32.2. The summed E-state index contributed by atoms with van der Waals surface area (Å²) in [5, 5.41) is 11.8.